The van der Waals surface area contributed by atoms with E-state index in [1.165, 1.54) is 19.5 Å². The summed E-state index contributed by atoms with van der Waals surface area (Å²) in [6.07, 6.45) is 1.90. The summed E-state index contributed by atoms with van der Waals surface area (Å²) in [5, 5.41) is 6.06. The Morgan fingerprint density at radius 1 is 1.25 bits per heavy atom. The minimum atomic E-state index is 0. The van der Waals surface area contributed by atoms with Crippen molar-refractivity contribution in [3.8, 4) is 0 Å². The molecule has 0 aliphatic carbocycles. The number of hydrogen-bond acceptors (Lipinski definition) is 3. The summed E-state index contributed by atoms with van der Waals surface area (Å²) in [4.78, 5) is 14.1. The van der Waals surface area contributed by atoms with Crippen LogP contribution in [0, 0.1) is 11.8 Å². The molecule has 0 radical (unpaired) electrons. The van der Waals surface area contributed by atoms with Crippen molar-refractivity contribution in [2.45, 2.75) is 39.7 Å². The summed E-state index contributed by atoms with van der Waals surface area (Å²) in [7, 11) is 1.87. The first-order valence-corrected chi connectivity index (χ1v) is 7.17. The molecule has 20 heavy (non-hydrogen) atoms. The van der Waals surface area contributed by atoms with E-state index in [4.69, 9.17) is 0 Å². The molecular formula is C14H31Cl2N3O. The van der Waals surface area contributed by atoms with Gasteiger partial charge in [-0.3, -0.25) is 4.79 Å². The second kappa shape index (κ2) is 11.6. The van der Waals surface area contributed by atoms with E-state index in [1.807, 2.05) is 7.05 Å². The van der Waals surface area contributed by atoms with Crippen LogP contribution in [0.3, 0.4) is 0 Å². The quantitative estimate of drug-likeness (QED) is 0.783. The van der Waals surface area contributed by atoms with Crippen LogP contribution in [0.2, 0.25) is 0 Å². The van der Waals surface area contributed by atoms with E-state index in [9.17, 15) is 4.79 Å². The number of nitrogens with zero attached hydrogens (tertiary/aromatic N) is 1. The first-order valence-electron chi connectivity index (χ1n) is 7.17. The van der Waals surface area contributed by atoms with Crippen molar-refractivity contribution in [2.75, 3.05) is 33.2 Å². The minimum Gasteiger partial charge on any atom is -0.352 e. The lowest BCUT2D eigenvalue weighted by atomic mass is 9.92. The maximum atomic E-state index is 11.6. The molecule has 0 aromatic carbocycles. The second-order valence-electron chi connectivity index (χ2n) is 5.99. The number of piperidine rings is 1. The van der Waals surface area contributed by atoms with Crippen LogP contribution in [0.4, 0.5) is 0 Å². The van der Waals surface area contributed by atoms with Gasteiger partial charge < -0.3 is 15.5 Å². The Kier molecular flexibility index (Phi) is 12.9. The van der Waals surface area contributed by atoms with E-state index in [-0.39, 0.29) is 36.8 Å². The van der Waals surface area contributed by atoms with Crippen molar-refractivity contribution >= 4 is 30.7 Å². The number of amides is 1. The lowest BCUT2D eigenvalue weighted by molar-refractivity contribution is -0.121. The smallest absolute Gasteiger partial charge is 0.221 e. The zero-order valence-corrected chi connectivity index (χ0v) is 14.8. The zero-order valence-electron chi connectivity index (χ0n) is 13.1. The Morgan fingerprint density at radius 3 is 2.30 bits per heavy atom. The van der Waals surface area contributed by atoms with Gasteiger partial charge in [-0.1, -0.05) is 13.8 Å². The maximum absolute atomic E-state index is 11.6. The van der Waals surface area contributed by atoms with Crippen LogP contribution in [0.15, 0.2) is 0 Å². The van der Waals surface area contributed by atoms with Crippen molar-refractivity contribution in [1.82, 2.24) is 15.5 Å². The van der Waals surface area contributed by atoms with Crippen LogP contribution in [-0.2, 0) is 4.79 Å². The van der Waals surface area contributed by atoms with E-state index < -0.39 is 0 Å². The summed E-state index contributed by atoms with van der Waals surface area (Å²) < 4.78 is 0. The van der Waals surface area contributed by atoms with Gasteiger partial charge in [0.25, 0.3) is 0 Å². The number of rotatable bonds is 6. The monoisotopic (exact) mass is 327 g/mol. The third kappa shape index (κ3) is 9.01. The van der Waals surface area contributed by atoms with Crippen molar-refractivity contribution in [1.29, 1.82) is 0 Å². The molecule has 3 unspecified atom stereocenters. The van der Waals surface area contributed by atoms with Gasteiger partial charge in [0, 0.05) is 38.6 Å². The van der Waals surface area contributed by atoms with Crippen LogP contribution in [0.25, 0.3) is 0 Å². The van der Waals surface area contributed by atoms with Crippen molar-refractivity contribution < 1.29 is 4.79 Å². The summed E-state index contributed by atoms with van der Waals surface area (Å²) in [6.45, 7) is 10.8. The first-order chi connectivity index (χ1) is 8.51. The van der Waals surface area contributed by atoms with Gasteiger partial charge >= 0.3 is 0 Å². The normalized spacial score (nSPS) is 24.2. The number of hydrogen-bond donors (Lipinski definition) is 2. The predicted octanol–water partition coefficient (Wildman–Crippen LogP) is 1.92. The summed E-state index contributed by atoms with van der Waals surface area (Å²) in [5.41, 5.74) is 0. The highest BCUT2D eigenvalue weighted by Crippen LogP contribution is 2.20. The molecule has 3 atom stereocenters. The van der Waals surface area contributed by atoms with Gasteiger partial charge in [0.1, 0.15) is 0 Å². The van der Waals surface area contributed by atoms with E-state index in [0.29, 0.717) is 6.42 Å². The van der Waals surface area contributed by atoms with Gasteiger partial charge in [0.15, 0.2) is 0 Å². The molecule has 122 valence electrons. The Bertz CT molecular complexity index is 257. The average molecular weight is 328 g/mol. The zero-order chi connectivity index (χ0) is 13.5. The fourth-order valence-electron chi connectivity index (χ4n) is 2.96. The topological polar surface area (TPSA) is 44.4 Å². The standard InChI is InChI=1S/C14H29N3O.2ClH/c1-11-7-12(2)9-17(8-11)10-13(3)16-14(18)5-6-15-4;;/h11-13,15H,5-10H2,1-4H3,(H,16,18);2*1H. The molecule has 0 aromatic rings. The number of likely N-dealkylation sites (tertiary alicyclic amines) is 1. The average Bonchev–Trinajstić information content (AvgIpc) is 2.24. The van der Waals surface area contributed by atoms with Crippen molar-refractivity contribution in [3.63, 3.8) is 0 Å². The third-order valence-corrected chi connectivity index (χ3v) is 3.49. The molecular weight excluding hydrogens is 297 g/mol. The number of nitrogens with one attached hydrogen (secondary N) is 2. The second-order valence-corrected chi connectivity index (χ2v) is 5.99. The van der Waals surface area contributed by atoms with Crippen LogP contribution in [-0.4, -0.2) is 50.1 Å². The molecule has 1 amide bonds. The molecule has 1 aliphatic heterocycles. The largest absolute Gasteiger partial charge is 0.352 e. The summed E-state index contributed by atoms with van der Waals surface area (Å²) in [5.74, 6) is 1.71. The Balaban J connectivity index is 0. The molecule has 0 saturated carbocycles. The fraction of sp³-hybridized carbons (Fsp3) is 0.929. The van der Waals surface area contributed by atoms with E-state index in [2.05, 4.69) is 36.3 Å². The predicted molar refractivity (Wildman–Crippen MR) is 90.0 cm³/mol. The molecule has 1 rings (SSSR count). The Morgan fingerprint density at radius 2 is 1.80 bits per heavy atom. The number of halogens is 2. The van der Waals surface area contributed by atoms with Crippen molar-refractivity contribution in [2.24, 2.45) is 11.8 Å². The SMILES string of the molecule is CNCCC(=O)NC(C)CN1CC(C)CC(C)C1.Cl.Cl. The molecule has 1 saturated heterocycles. The van der Waals surface area contributed by atoms with Gasteiger partial charge in [-0.2, -0.15) is 0 Å². The lowest BCUT2D eigenvalue weighted by Gasteiger charge is -2.36. The molecule has 1 heterocycles. The summed E-state index contributed by atoms with van der Waals surface area (Å²) in [6, 6.07) is 0.242. The molecule has 1 fully saturated rings. The van der Waals surface area contributed by atoms with E-state index in [0.717, 1.165) is 24.9 Å². The van der Waals surface area contributed by atoms with Crippen LogP contribution in [0.1, 0.15) is 33.6 Å². The van der Waals surface area contributed by atoms with Gasteiger partial charge in [-0.15, -0.1) is 24.8 Å². The highest BCUT2D eigenvalue weighted by atomic mass is 35.5. The number of carbonyl (C=O) groups excluding carboxylic acids is 1. The third-order valence-electron chi connectivity index (χ3n) is 3.49. The van der Waals surface area contributed by atoms with Gasteiger partial charge in [-0.25, -0.2) is 0 Å². The molecule has 1 aliphatic rings. The maximum Gasteiger partial charge on any atom is 0.221 e. The van der Waals surface area contributed by atoms with E-state index >= 15 is 0 Å². The lowest BCUT2D eigenvalue weighted by Crippen LogP contribution is -2.47. The fourth-order valence-corrected chi connectivity index (χ4v) is 2.96. The van der Waals surface area contributed by atoms with E-state index in [1.54, 1.807) is 0 Å². The number of carbonyl (C=O) groups is 1. The Labute approximate surface area is 136 Å². The van der Waals surface area contributed by atoms with Crippen LogP contribution < -0.4 is 10.6 Å². The molecule has 0 aromatic heterocycles. The van der Waals surface area contributed by atoms with Crippen LogP contribution in [0.5, 0.6) is 0 Å². The molecule has 2 N–H and O–H groups in total. The van der Waals surface area contributed by atoms with Gasteiger partial charge in [-0.05, 0) is 32.2 Å². The molecule has 4 nitrogen and oxygen atoms in total. The molecule has 0 spiro atoms. The van der Waals surface area contributed by atoms with Crippen molar-refractivity contribution in [3.05, 3.63) is 0 Å². The molecule has 0 bridgehead atoms. The van der Waals surface area contributed by atoms with Crippen LogP contribution >= 0.6 is 24.8 Å². The highest BCUT2D eigenvalue weighted by Gasteiger charge is 2.23. The first kappa shape index (κ1) is 22.3. The van der Waals surface area contributed by atoms with Gasteiger partial charge in [0.05, 0.1) is 0 Å². The molecule has 6 heteroatoms. The Hall–Kier alpha value is -0.0300. The summed E-state index contributed by atoms with van der Waals surface area (Å²) >= 11 is 0. The minimum absolute atomic E-state index is 0. The highest BCUT2D eigenvalue weighted by molar-refractivity contribution is 5.85. The van der Waals surface area contributed by atoms with Gasteiger partial charge in [0.2, 0.25) is 5.91 Å².